The van der Waals surface area contributed by atoms with Crippen molar-refractivity contribution in [1.29, 1.82) is 0 Å². The molecule has 1 heterocycles. The lowest BCUT2D eigenvalue weighted by atomic mass is 9.91. The Bertz CT molecular complexity index is 391. The first-order chi connectivity index (χ1) is 7.86. The molecule has 1 aromatic heterocycles. The second-order valence-corrected chi connectivity index (χ2v) is 6.19. The highest BCUT2D eigenvalue weighted by Crippen LogP contribution is 2.26. The van der Waals surface area contributed by atoms with Gasteiger partial charge < -0.3 is 11.1 Å². The van der Waals surface area contributed by atoms with Gasteiger partial charge in [-0.05, 0) is 12.5 Å². The van der Waals surface area contributed by atoms with E-state index >= 15 is 0 Å². The van der Waals surface area contributed by atoms with E-state index in [0.717, 1.165) is 5.69 Å². The fraction of sp³-hybridized carbons (Fsp3) is 0.667. The zero-order valence-corrected chi connectivity index (χ0v) is 14.2. The zero-order chi connectivity index (χ0) is 13.1. The predicted octanol–water partition coefficient (Wildman–Crippen LogP) is 2.61. The third-order valence-corrected chi connectivity index (χ3v) is 3.32. The molecular weight excluding hydrogens is 305 g/mol. The van der Waals surface area contributed by atoms with Gasteiger partial charge in [0, 0.05) is 12.0 Å². The molecule has 0 aliphatic rings. The second-order valence-electron chi connectivity index (χ2n) is 5.33. The summed E-state index contributed by atoms with van der Waals surface area (Å²) in [4.78, 5) is 17.0. The summed E-state index contributed by atoms with van der Waals surface area (Å²) in [5.74, 6) is 0.252. The Morgan fingerprint density at radius 1 is 1.47 bits per heavy atom. The Morgan fingerprint density at radius 3 is 2.53 bits per heavy atom. The molecule has 3 N–H and O–H groups in total. The van der Waals surface area contributed by atoms with Crippen molar-refractivity contribution in [2.45, 2.75) is 33.1 Å². The standard InChI is InChI=1S/C12H21N3OS.2ClH/c1-8(5-13)6-14-11(16)9-10(12(2,3)4)15-7-17-9;;/h7-8H,5-6,13H2,1-4H3,(H,14,16);2*1H. The van der Waals surface area contributed by atoms with Crippen LogP contribution in [0.25, 0.3) is 0 Å². The molecule has 7 heteroatoms. The summed E-state index contributed by atoms with van der Waals surface area (Å²) >= 11 is 1.39. The van der Waals surface area contributed by atoms with Crippen molar-refractivity contribution in [3.05, 3.63) is 16.1 Å². The van der Waals surface area contributed by atoms with Crippen LogP contribution in [0.1, 0.15) is 43.1 Å². The van der Waals surface area contributed by atoms with E-state index in [2.05, 4.69) is 31.1 Å². The van der Waals surface area contributed by atoms with Gasteiger partial charge in [0.1, 0.15) is 4.88 Å². The first-order valence-electron chi connectivity index (χ1n) is 5.78. The van der Waals surface area contributed by atoms with E-state index in [9.17, 15) is 4.79 Å². The van der Waals surface area contributed by atoms with E-state index in [0.29, 0.717) is 23.9 Å². The van der Waals surface area contributed by atoms with Gasteiger partial charge in [-0.2, -0.15) is 0 Å². The maximum atomic E-state index is 12.0. The van der Waals surface area contributed by atoms with Gasteiger partial charge >= 0.3 is 0 Å². The molecule has 0 saturated carbocycles. The maximum Gasteiger partial charge on any atom is 0.263 e. The van der Waals surface area contributed by atoms with Crippen molar-refractivity contribution in [2.75, 3.05) is 13.1 Å². The molecule has 4 nitrogen and oxygen atoms in total. The molecule has 1 rings (SSSR count). The van der Waals surface area contributed by atoms with E-state index in [1.807, 2.05) is 6.92 Å². The highest BCUT2D eigenvalue weighted by atomic mass is 35.5. The van der Waals surface area contributed by atoms with Crippen LogP contribution in [0.3, 0.4) is 0 Å². The molecule has 0 aromatic carbocycles. The number of aromatic nitrogens is 1. The van der Waals surface area contributed by atoms with Crippen LogP contribution in [0.4, 0.5) is 0 Å². The van der Waals surface area contributed by atoms with Crippen LogP contribution in [0.2, 0.25) is 0 Å². The van der Waals surface area contributed by atoms with Crippen LogP contribution in [0, 0.1) is 5.92 Å². The van der Waals surface area contributed by atoms with E-state index in [-0.39, 0.29) is 36.1 Å². The molecule has 19 heavy (non-hydrogen) atoms. The predicted molar refractivity (Wildman–Crippen MR) is 85.9 cm³/mol. The lowest BCUT2D eigenvalue weighted by Crippen LogP contribution is -2.32. The van der Waals surface area contributed by atoms with Crippen molar-refractivity contribution >= 4 is 42.1 Å². The summed E-state index contributed by atoms with van der Waals surface area (Å²) < 4.78 is 0. The second kappa shape index (κ2) is 8.74. The van der Waals surface area contributed by atoms with Crippen molar-refractivity contribution in [2.24, 2.45) is 11.7 Å². The summed E-state index contributed by atoms with van der Waals surface area (Å²) in [6, 6.07) is 0. The third kappa shape index (κ3) is 6.08. The zero-order valence-electron chi connectivity index (χ0n) is 11.7. The first kappa shape index (κ1) is 20.9. The van der Waals surface area contributed by atoms with Crippen LogP contribution < -0.4 is 11.1 Å². The minimum Gasteiger partial charge on any atom is -0.351 e. The van der Waals surface area contributed by atoms with Gasteiger partial charge in [-0.25, -0.2) is 4.98 Å². The molecule has 1 atom stereocenters. The van der Waals surface area contributed by atoms with Gasteiger partial charge in [0.15, 0.2) is 0 Å². The van der Waals surface area contributed by atoms with E-state index in [1.54, 1.807) is 5.51 Å². The number of hydrogen-bond donors (Lipinski definition) is 2. The van der Waals surface area contributed by atoms with E-state index in [1.165, 1.54) is 11.3 Å². The molecule has 1 amide bonds. The Balaban J connectivity index is 0. The Labute approximate surface area is 131 Å². The first-order valence-corrected chi connectivity index (χ1v) is 6.66. The topological polar surface area (TPSA) is 68.0 Å². The third-order valence-electron chi connectivity index (χ3n) is 2.50. The molecule has 0 spiro atoms. The van der Waals surface area contributed by atoms with Crippen molar-refractivity contribution in [1.82, 2.24) is 10.3 Å². The number of nitrogens with zero attached hydrogens (tertiary/aromatic N) is 1. The minimum absolute atomic E-state index is 0. The number of nitrogens with one attached hydrogen (secondary N) is 1. The fourth-order valence-electron chi connectivity index (χ4n) is 1.37. The van der Waals surface area contributed by atoms with Gasteiger partial charge in [-0.3, -0.25) is 4.79 Å². The number of halogens is 2. The number of carbonyl (C=O) groups is 1. The summed E-state index contributed by atoms with van der Waals surface area (Å²) in [6.45, 7) is 9.37. The summed E-state index contributed by atoms with van der Waals surface area (Å²) in [5, 5.41) is 2.90. The van der Waals surface area contributed by atoms with Crippen LogP contribution in [-0.4, -0.2) is 24.0 Å². The van der Waals surface area contributed by atoms with Gasteiger partial charge in [0.25, 0.3) is 5.91 Å². The van der Waals surface area contributed by atoms with Crippen LogP contribution in [0.15, 0.2) is 5.51 Å². The van der Waals surface area contributed by atoms with Gasteiger partial charge in [-0.1, -0.05) is 27.7 Å². The molecule has 112 valence electrons. The molecule has 1 aromatic rings. The van der Waals surface area contributed by atoms with Crippen LogP contribution in [0.5, 0.6) is 0 Å². The molecule has 0 aliphatic carbocycles. The number of hydrogen-bond acceptors (Lipinski definition) is 4. The smallest absolute Gasteiger partial charge is 0.263 e. The van der Waals surface area contributed by atoms with Gasteiger partial charge in [0.2, 0.25) is 0 Å². The molecule has 0 fully saturated rings. The molecule has 1 unspecified atom stereocenters. The minimum atomic E-state index is -0.105. The Kier molecular flexibility index (Phi) is 9.64. The average molecular weight is 328 g/mol. The summed E-state index contributed by atoms with van der Waals surface area (Å²) in [7, 11) is 0. The van der Waals surface area contributed by atoms with Crippen LogP contribution in [-0.2, 0) is 5.41 Å². The molecule has 0 bridgehead atoms. The fourth-order valence-corrected chi connectivity index (χ4v) is 2.29. The number of thiazole rings is 1. The summed E-state index contributed by atoms with van der Waals surface area (Å²) in [5.41, 5.74) is 8.00. The normalized spacial score (nSPS) is 12.1. The SMILES string of the molecule is CC(CN)CNC(=O)c1scnc1C(C)(C)C.Cl.Cl. The molecule has 0 radical (unpaired) electrons. The molecule has 0 aliphatic heterocycles. The van der Waals surface area contributed by atoms with Crippen LogP contribution >= 0.6 is 36.2 Å². The highest BCUT2D eigenvalue weighted by molar-refractivity contribution is 7.11. The maximum absolute atomic E-state index is 12.0. The Morgan fingerprint density at radius 2 is 2.05 bits per heavy atom. The monoisotopic (exact) mass is 327 g/mol. The summed E-state index contributed by atoms with van der Waals surface area (Å²) in [6.07, 6.45) is 0. The molecular formula is C12H23Cl2N3OS. The quantitative estimate of drug-likeness (QED) is 0.893. The lowest BCUT2D eigenvalue weighted by Gasteiger charge is -2.17. The largest absolute Gasteiger partial charge is 0.351 e. The Hall–Kier alpha value is -0.360. The molecule has 0 saturated heterocycles. The number of carbonyl (C=O) groups excluding carboxylic acids is 1. The van der Waals surface area contributed by atoms with Crippen molar-refractivity contribution in [3.63, 3.8) is 0 Å². The highest BCUT2D eigenvalue weighted by Gasteiger charge is 2.24. The van der Waals surface area contributed by atoms with Crippen molar-refractivity contribution < 1.29 is 4.79 Å². The lowest BCUT2D eigenvalue weighted by molar-refractivity contribution is 0.0950. The van der Waals surface area contributed by atoms with Crippen molar-refractivity contribution in [3.8, 4) is 0 Å². The van der Waals surface area contributed by atoms with Gasteiger partial charge in [0.05, 0.1) is 11.2 Å². The number of rotatable bonds is 4. The number of nitrogens with two attached hydrogens (primary N) is 1. The van der Waals surface area contributed by atoms with E-state index < -0.39 is 0 Å². The van der Waals surface area contributed by atoms with E-state index in [4.69, 9.17) is 5.73 Å². The number of amides is 1. The van der Waals surface area contributed by atoms with Gasteiger partial charge in [-0.15, -0.1) is 36.2 Å². The average Bonchev–Trinajstić information content (AvgIpc) is 2.73.